The molecule has 1 aliphatic rings. The van der Waals surface area contributed by atoms with Crippen LogP contribution in [0.1, 0.15) is 22.7 Å². The van der Waals surface area contributed by atoms with Gasteiger partial charge < -0.3 is 19.6 Å². The number of Topliss-reactive ketones (excluding diaryl/α,β-unsaturated/α-hetero) is 1. The van der Waals surface area contributed by atoms with Crippen LogP contribution in [0.15, 0.2) is 42.0 Å². The molecule has 0 aliphatic carbocycles. The van der Waals surface area contributed by atoms with Crippen molar-refractivity contribution in [3.8, 4) is 5.75 Å². The molecule has 31 heavy (non-hydrogen) atoms. The Bertz CT molecular complexity index is 1070. The number of ether oxygens (including phenoxy) is 1. The summed E-state index contributed by atoms with van der Waals surface area (Å²) in [4.78, 5) is 29.3. The second-order valence-electron chi connectivity index (χ2n) is 7.65. The van der Waals surface area contributed by atoms with E-state index in [-0.39, 0.29) is 11.3 Å². The van der Waals surface area contributed by atoms with Gasteiger partial charge in [0.15, 0.2) is 0 Å². The van der Waals surface area contributed by atoms with Gasteiger partial charge in [0.05, 0.1) is 28.8 Å². The van der Waals surface area contributed by atoms with Crippen molar-refractivity contribution >= 4 is 40.7 Å². The standard InChI is InChI=1S/C23H24Cl2N2O4/c1-13-11-15(31-4)6-7-16(13)21(28)19-20(14-5-8-17(24)18(25)12-14)27(10-9-26(2)3)23(30)22(19)29/h5-8,11-12,20,28H,9-10H2,1-4H3/t20-/m0/s1. The second kappa shape index (κ2) is 9.30. The molecule has 1 amide bonds. The Morgan fingerprint density at radius 1 is 1.13 bits per heavy atom. The SMILES string of the molecule is COc1ccc(C(O)=C2C(=O)C(=O)N(CCN(C)C)[C@H]2c2ccc(Cl)c(Cl)c2)c(C)c1. The molecule has 1 atom stereocenters. The van der Waals surface area contributed by atoms with Crippen LogP contribution in [0.2, 0.25) is 10.0 Å². The smallest absolute Gasteiger partial charge is 0.295 e. The highest BCUT2D eigenvalue weighted by atomic mass is 35.5. The maximum Gasteiger partial charge on any atom is 0.295 e. The zero-order valence-corrected chi connectivity index (χ0v) is 19.3. The van der Waals surface area contributed by atoms with Gasteiger partial charge in [0.1, 0.15) is 11.5 Å². The highest BCUT2D eigenvalue weighted by Gasteiger charge is 2.46. The van der Waals surface area contributed by atoms with Gasteiger partial charge in [-0.05, 0) is 62.5 Å². The molecule has 6 nitrogen and oxygen atoms in total. The normalized spacial score (nSPS) is 18.2. The highest BCUT2D eigenvalue weighted by molar-refractivity contribution is 6.47. The van der Waals surface area contributed by atoms with E-state index in [0.29, 0.717) is 45.6 Å². The van der Waals surface area contributed by atoms with Crippen LogP contribution in [0, 0.1) is 6.92 Å². The molecule has 1 aliphatic heterocycles. The number of hydrogen-bond donors (Lipinski definition) is 1. The average Bonchev–Trinajstić information content (AvgIpc) is 2.98. The monoisotopic (exact) mass is 462 g/mol. The van der Waals surface area contributed by atoms with E-state index in [1.165, 1.54) is 4.90 Å². The summed E-state index contributed by atoms with van der Waals surface area (Å²) < 4.78 is 5.22. The van der Waals surface area contributed by atoms with Crippen molar-refractivity contribution in [2.24, 2.45) is 0 Å². The third-order valence-corrected chi connectivity index (χ3v) is 6.02. The Morgan fingerprint density at radius 2 is 1.84 bits per heavy atom. The maximum atomic E-state index is 13.0. The number of aryl methyl sites for hydroxylation is 1. The molecule has 2 aromatic rings. The fourth-order valence-corrected chi connectivity index (χ4v) is 3.93. The molecule has 0 unspecified atom stereocenters. The van der Waals surface area contributed by atoms with E-state index >= 15 is 0 Å². The second-order valence-corrected chi connectivity index (χ2v) is 8.46. The number of nitrogens with zero attached hydrogens (tertiary/aromatic N) is 2. The molecule has 1 fully saturated rings. The van der Waals surface area contributed by atoms with Gasteiger partial charge in [0.2, 0.25) is 0 Å². The lowest BCUT2D eigenvalue weighted by molar-refractivity contribution is -0.140. The number of carbonyl (C=O) groups excluding carboxylic acids is 2. The number of likely N-dealkylation sites (N-methyl/N-ethyl adjacent to an activating group) is 1. The van der Waals surface area contributed by atoms with Crippen LogP contribution in [-0.2, 0) is 9.59 Å². The first-order valence-corrected chi connectivity index (χ1v) is 10.4. The van der Waals surface area contributed by atoms with Crippen molar-refractivity contribution in [2.75, 3.05) is 34.3 Å². The maximum absolute atomic E-state index is 13.0. The minimum atomic E-state index is -0.781. The molecular formula is C23H24Cl2N2O4. The number of ketones is 1. The number of aliphatic hydroxyl groups is 1. The lowest BCUT2D eigenvalue weighted by Gasteiger charge is -2.27. The quantitative estimate of drug-likeness (QED) is 0.393. The van der Waals surface area contributed by atoms with Gasteiger partial charge in [-0.3, -0.25) is 9.59 Å². The number of likely N-dealkylation sites (tertiary alicyclic amines) is 1. The van der Waals surface area contributed by atoms with E-state index in [2.05, 4.69) is 0 Å². The summed E-state index contributed by atoms with van der Waals surface area (Å²) in [6.07, 6.45) is 0. The number of methoxy groups -OCH3 is 1. The predicted octanol–water partition coefficient (Wildman–Crippen LogP) is 4.29. The number of amides is 1. The predicted molar refractivity (Wildman–Crippen MR) is 122 cm³/mol. The van der Waals surface area contributed by atoms with E-state index in [0.717, 1.165) is 0 Å². The minimum absolute atomic E-state index is 0.0235. The molecule has 1 heterocycles. The third kappa shape index (κ3) is 4.56. The summed E-state index contributed by atoms with van der Waals surface area (Å²) in [5.41, 5.74) is 1.79. The van der Waals surface area contributed by atoms with Crippen LogP contribution >= 0.6 is 23.2 Å². The molecule has 0 bridgehead atoms. The van der Waals surface area contributed by atoms with Crippen molar-refractivity contribution in [3.63, 3.8) is 0 Å². The molecule has 0 saturated carbocycles. The first kappa shape index (κ1) is 23.1. The van der Waals surface area contributed by atoms with E-state index < -0.39 is 17.7 Å². The van der Waals surface area contributed by atoms with Crippen molar-refractivity contribution in [2.45, 2.75) is 13.0 Å². The van der Waals surface area contributed by atoms with E-state index in [4.69, 9.17) is 27.9 Å². The van der Waals surface area contributed by atoms with E-state index in [1.54, 1.807) is 50.4 Å². The van der Waals surface area contributed by atoms with Gasteiger partial charge in [-0.25, -0.2) is 0 Å². The summed E-state index contributed by atoms with van der Waals surface area (Å²) in [6.45, 7) is 2.65. The Hall–Kier alpha value is -2.54. The summed E-state index contributed by atoms with van der Waals surface area (Å²) >= 11 is 12.3. The van der Waals surface area contributed by atoms with Crippen LogP contribution in [0.5, 0.6) is 5.75 Å². The lowest BCUT2D eigenvalue weighted by Crippen LogP contribution is -2.35. The van der Waals surface area contributed by atoms with Crippen LogP contribution in [0.3, 0.4) is 0 Å². The molecule has 2 aromatic carbocycles. The fourth-order valence-electron chi connectivity index (χ4n) is 3.62. The number of hydrogen-bond acceptors (Lipinski definition) is 5. The molecule has 0 spiro atoms. The van der Waals surface area contributed by atoms with Gasteiger partial charge in [-0.2, -0.15) is 0 Å². The van der Waals surface area contributed by atoms with Gasteiger partial charge >= 0.3 is 0 Å². The molecule has 0 radical (unpaired) electrons. The van der Waals surface area contributed by atoms with Gasteiger partial charge in [-0.15, -0.1) is 0 Å². The largest absolute Gasteiger partial charge is 0.507 e. The number of aliphatic hydroxyl groups excluding tert-OH is 1. The van der Waals surface area contributed by atoms with Gasteiger partial charge in [0, 0.05) is 18.7 Å². The first-order valence-electron chi connectivity index (χ1n) is 9.68. The number of benzene rings is 2. The first-order chi connectivity index (χ1) is 14.6. The van der Waals surface area contributed by atoms with Crippen LogP contribution in [0.25, 0.3) is 5.76 Å². The third-order valence-electron chi connectivity index (χ3n) is 5.28. The average molecular weight is 463 g/mol. The van der Waals surface area contributed by atoms with Crippen LogP contribution in [0.4, 0.5) is 0 Å². The minimum Gasteiger partial charge on any atom is -0.507 e. The lowest BCUT2D eigenvalue weighted by atomic mass is 9.94. The topological polar surface area (TPSA) is 70.1 Å². The highest BCUT2D eigenvalue weighted by Crippen LogP contribution is 2.41. The zero-order valence-electron chi connectivity index (χ0n) is 17.8. The van der Waals surface area contributed by atoms with Crippen LogP contribution < -0.4 is 4.74 Å². The van der Waals surface area contributed by atoms with Crippen molar-refractivity contribution in [1.82, 2.24) is 9.80 Å². The Morgan fingerprint density at radius 3 is 2.42 bits per heavy atom. The summed E-state index contributed by atoms with van der Waals surface area (Å²) in [7, 11) is 5.31. The van der Waals surface area contributed by atoms with Gasteiger partial charge in [0.25, 0.3) is 11.7 Å². The Kier molecular flexibility index (Phi) is 6.94. The molecule has 3 rings (SSSR count). The molecule has 164 valence electrons. The Labute approximate surface area is 191 Å². The van der Waals surface area contributed by atoms with E-state index in [1.807, 2.05) is 19.0 Å². The zero-order chi connectivity index (χ0) is 22.9. The number of halogens is 2. The van der Waals surface area contributed by atoms with Gasteiger partial charge in [-0.1, -0.05) is 29.3 Å². The molecule has 1 N–H and O–H groups in total. The Balaban J connectivity index is 2.19. The molecule has 0 aromatic heterocycles. The van der Waals surface area contributed by atoms with E-state index in [9.17, 15) is 14.7 Å². The summed E-state index contributed by atoms with van der Waals surface area (Å²) in [5.74, 6) is -1.00. The summed E-state index contributed by atoms with van der Waals surface area (Å²) in [6, 6.07) is 9.28. The number of carbonyl (C=O) groups is 2. The van der Waals surface area contributed by atoms with Crippen molar-refractivity contribution < 1.29 is 19.4 Å². The molecule has 8 heteroatoms. The number of rotatable bonds is 6. The fraction of sp³-hybridized carbons (Fsp3) is 0.304. The summed E-state index contributed by atoms with van der Waals surface area (Å²) in [5, 5.41) is 11.8. The van der Waals surface area contributed by atoms with Crippen molar-refractivity contribution in [3.05, 3.63) is 68.7 Å². The molecular weight excluding hydrogens is 439 g/mol. The molecule has 1 saturated heterocycles. The van der Waals surface area contributed by atoms with Crippen LogP contribution in [-0.4, -0.2) is 60.9 Å². The van der Waals surface area contributed by atoms with Crippen molar-refractivity contribution in [1.29, 1.82) is 0 Å².